The van der Waals surface area contributed by atoms with Crippen molar-refractivity contribution in [2.45, 2.75) is 19.0 Å². The lowest BCUT2D eigenvalue weighted by Gasteiger charge is -2.20. The number of benzene rings is 2. The second-order valence-electron chi connectivity index (χ2n) is 6.82. The van der Waals surface area contributed by atoms with Gasteiger partial charge in [0.25, 0.3) is 0 Å². The van der Waals surface area contributed by atoms with Gasteiger partial charge in [0, 0.05) is 30.0 Å². The van der Waals surface area contributed by atoms with Crippen LogP contribution in [-0.4, -0.2) is 23.4 Å². The highest BCUT2D eigenvalue weighted by Gasteiger charge is 2.31. The van der Waals surface area contributed by atoms with E-state index in [0.29, 0.717) is 6.07 Å². The first-order valence-corrected chi connectivity index (χ1v) is 10.4. The van der Waals surface area contributed by atoms with Crippen LogP contribution in [0.3, 0.4) is 0 Å². The molecule has 0 aliphatic carbocycles. The molecule has 6 nitrogen and oxygen atoms in total. The van der Waals surface area contributed by atoms with Gasteiger partial charge in [-0.25, -0.2) is 13.8 Å². The normalized spacial score (nSPS) is 11.3. The number of hydrogen-bond acceptors (Lipinski definition) is 4. The Morgan fingerprint density at radius 2 is 1.79 bits per heavy atom. The van der Waals surface area contributed by atoms with Crippen molar-refractivity contribution in [2.75, 3.05) is 11.4 Å². The zero-order valence-corrected chi connectivity index (χ0v) is 17.8. The molecule has 0 spiro atoms. The molecular weight excluding hydrogens is 465 g/mol. The summed E-state index contributed by atoms with van der Waals surface area (Å²) in [7, 11) is 0. The van der Waals surface area contributed by atoms with E-state index in [0.717, 1.165) is 46.6 Å². The number of rotatable bonds is 7. The third-order valence-corrected chi connectivity index (χ3v) is 5.26. The Balaban J connectivity index is 1.94. The van der Waals surface area contributed by atoms with Crippen molar-refractivity contribution in [1.29, 1.82) is 0 Å². The van der Waals surface area contributed by atoms with Crippen LogP contribution < -0.4 is 16.4 Å². The molecule has 0 aliphatic rings. The largest absolute Gasteiger partial charge is 0.416 e. The molecule has 1 heterocycles. The van der Waals surface area contributed by atoms with Crippen LogP contribution in [-0.2, 0) is 11.0 Å². The average Bonchev–Trinajstić information content (AvgIpc) is 3.20. The van der Waals surface area contributed by atoms with Crippen molar-refractivity contribution >= 4 is 34.0 Å². The predicted octanol–water partition coefficient (Wildman–Crippen LogP) is 4.83. The highest BCUT2D eigenvalue weighted by atomic mass is 32.1. The number of hydrogen-bond donors (Lipinski definition) is 2. The Bertz CT molecular complexity index is 1160. The number of carbonyl (C=O) groups is 1. The molecule has 1 amide bonds. The van der Waals surface area contributed by atoms with Gasteiger partial charge < -0.3 is 11.5 Å². The number of carbonyl (C=O) groups excluding carboxylic acids is 1. The highest BCUT2D eigenvalue weighted by molar-refractivity contribution is 7.14. The zero-order chi connectivity index (χ0) is 24.2. The molecule has 33 heavy (non-hydrogen) atoms. The Kier molecular flexibility index (Phi) is 7.26. The minimum atomic E-state index is -4.54. The fourth-order valence-electron chi connectivity index (χ4n) is 2.90. The van der Waals surface area contributed by atoms with Gasteiger partial charge in [-0.3, -0.25) is 14.7 Å². The summed E-state index contributed by atoms with van der Waals surface area (Å²) in [5.41, 5.74) is 9.96. The molecule has 2 aromatic carbocycles. The molecule has 174 valence electrons. The van der Waals surface area contributed by atoms with Crippen LogP contribution in [0, 0.1) is 11.6 Å². The third-order valence-electron chi connectivity index (χ3n) is 4.44. The summed E-state index contributed by atoms with van der Waals surface area (Å²) in [5, 5.41) is 1.58. The lowest BCUT2D eigenvalue weighted by atomic mass is 10.1. The maximum atomic E-state index is 14.2. The average molecular weight is 483 g/mol. The Labute approximate surface area is 189 Å². The van der Waals surface area contributed by atoms with E-state index in [2.05, 4.69) is 9.98 Å². The maximum Gasteiger partial charge on any atom is 0.416 e. The standard InChI is InChI=1S/C21H18F5N5OS/c22-13-5-8-15(16(23)10-13)17-11-33-20(30-17)31(18(32)2-1-9-29-19(27)28)14-6-3-12(4-7-14)21(24,25)26/h3-8,10-11H,1-2,9H2,(H4,27,28,29). The summed E-state index contributed by atoms with van der Waals surface area (Å²) in [4.78, 5) is 22.2. The number of amides is 1. The van der Waals surface area contributed by atoms with E-state index in [1.807, 2.05) is 0 Å². The lowest BCUT2D eigenvalue weighted by Crippen LogP contribution is -2.26. The molecule has 0 atom stereocenters. The van der Waals surface area contributed by atoms with E-state index < -0.39 is 29.3 Å². The summed E-state index contributed by atoms with van der Waals surface area (Å²) < 4.78 is 66.2. The SMILES string of the molecule is NC(N)=NCCCC(=O)N(c1ccc(C(F)(F)F)cc1)c1nc(-c2ccc(F)cc2F)cs1. The van der Waals surface area contributed by atoms with Crippen molar-refractivity contribution in [3.63, 3.8) is 0 Å². The van der Waals surface area contributed by atoms with Gasteiger partial charge in [-0.05, 0) is 42.8 Å². The molecule has 0 saturated carbocycles. The molecule has 0 aliphatic heterocycles. The summed E-state index contributed by atoms with van der Waals surface area (Å²) in [6, 6.07) is 6.98. The number of alkyl halides is 3. The number of guanidine groups is 1. The molecule has 0 fully saturated rings. The predicted molar refractivity (Wildman–Crippen MR) is 116 cm³/mol. The van der Waals surface area contributed by atoms with E-state index >= 15 is 0 Å². The van der Waals surface area contributed by atoms with E-state index in [1.165, 1.54) is 11.4 Å². The fourth-order valence-corrected chi connectivity index (χ4v) is 3.76. The highest BCUT2D eigenvalue weighted by Crippen LogP contribution is 2.36. The second kappa shape index (κ2) is 9.94. The van der Waals surface area contributed by atoms with Gasteiger partial charge in [0.2, 0.25) is 5.91 Å². The topological polar surface area (TPSA) is 97.6 Å². The lowest BCUT2D eigenvalue weighted by molar-refractivity contribution is -0.137. The van der Waals surface area contributed by atoms with Crippen LogP contribution in [0.5, 0.6) is 0 Å². The van der Waals surface area contributed by atoms with Crippen LogP contribution in [0.15, 0.2) is 52.8 Å². The molecule has 4 N–H and O–H groups in total. The molecule has 3 aromatic rings. The smallest absolute Gasteiger partial charge is 0.370 e. The summed E-state index contributed by atoms with van der Waals surface area (Å²) >= 11 is 0.986. The minimum Gasteiger partial charge on any atom is -0.370 e. The van der Waals surface area contributed by atoms with Gasteiger partial charge in [0.15, 0.2) is 11.1 Å². The molecule has 3 rings (SSSR count). The summed E-state index contributed by atoms with van der Waals surface area (Å²) in [6.45, 7) is 0.179. The number of anilines is 2. The molecule has 12 heteroatoms. The first-order chi connectivity index (χ1) is 15.6. The van der Waals surface area contributed by atoms with Crippen LogP contribution >= 0.6 is 11.3 Å². The first-order valence-electron chi connectivity index (χ1n) is 9.53. The van der Waals surface area contributed by atoms with Gasteiger partial charge >= 0.3 is 6.18 Å². The van der Waals surface area contributed by atoms with Crippen LogP contribution in [0.25, 0.3) is 11.3 Å². The molecular formula is C21H18F5N5OS. The number of nitrogens with two attached hydrogens (primary N) is 2. The summed E-state index contributed by atoms with van der Waals surface area (Å²) in [5.74, 6) is -2.19. The van der Waals surface area contributed by atoms with Crippen molar-refractivity contribution in [2.24, 2.45) is 16.5 Å². The van der Waals surface area contributed by atoms with Gasteiger partial charge in [0.05, 0.1) is 16.9 Å². The number of aliphatic imine (C=N–C) groups is 1. The van der Waals surface area contributed by atoms with Crippen molar-refractivity contribution in [1.82, 2.24) is 4.98 Å². The van der Waals surface area contributed by atoms with Gasteiger partial charge in [0.1, 0.15) is 11.6 Å². The Morgan fingerprint density at radius 1 is 1.09 bits per heavy atom. The second-order valence-corrected chi connectivity index (χ2v) is 7.66. The molecule has 0 unspecified atom stereocenters. The quantitative estimate of drug-likeness (QED) is 0.218. The van der Waals surface area contributed by atoms with Gasteiger partial charge in [-0.2, -0.15) is 13.2 Å². The van der Waals surface area contributed by atoms with Crippen molar-refractivity contribution in [3.8, 4) is 11.3 Å². The minimum absolute atomic E-state index is 0.0199. The Morgan fingerprint density at radius 3 is 2.39 bits per heavy atom. The maximum absolute atomic E-state index is 14.2. The van der Waals surface area contributed by atoms with E-state index in [9.17, 15) is 26.7 Å². The van der Waals surface area contributed by atoms with Crippen LogP contribution in [0.4, 0.5) is 32.8 Å². The van der Waals surface area contributed by atoms with Crippen LogP contribution in [0.1, 0.15) is 18.4 Å². The van der Waals surface area contributed by atoms with Gasteiger partial charge in [-0.1, -0.05) is 0 Å². The zero-order valence-electron chi connectivity index (χ0n) is 16.9. The van der Waals surface area contributed by atoms with E-state index in [1.54, 1.807) is 0 Å². The fraction of sp³-hybridized carbons (Fsp3) is 0.190. The Hall–Kier alpha value is -3.54. The summed E-state index contributed by atoms with van der Waals surface area (Å²) in [6.07, 6.45) is -4.29. The molecule has 0 saturated heterocycles. The number of thiazole rings is 1. The number of aromatic nitrogens is 1. The van der Waals surface area contributed by atoms with Crippen LogP contribution in [0.2, 0.25) is 0 Å². The van der Waals surface area contributed by atoms with Gasteiger partial charge in [-0.15, -0.1) is 11.3 Å². The first kappa shape index (κ1) is 24.1. The third kappa shape index (κ3) is 6.04. The van der Waals surface area contributed by atoms with E-state index in [-0.39, 0.29) is 47.4 Å². The van der Waals surface area contributed by atoms with Crippen molar-refractivity contribution < 1.29 is 26.7 Å². The van der Waals surface area contributed by atoms with Crippen molar-refractivity contribution in [3.05, 3.63) is 65.0 Å². The number of halogens is 5. The van der Waals surface area contributed by atoms with E-state index in [4.69, 9.17) is 11.5 Å². The number of nitrogens with zero attached hydrogens (tertiary/aromatic N) is 3. The monoisotopic (exact) mass is 483 g/mol. The molecule has 1 aromatic heterocycles. The molecule has 0 radical (unpaired) electrons. The molecule has 0 bridgehead atoms.